The van der Waals surface area contributed by atoms with Crippen molar-refractivity contribution < 1.29 is 14.0 Å². The second-order valence-corrected chi connectivity index (χ2v) is 6.67. The average molecular weight is 401 g/mol. The molecule has 0 saturated heterocycles. The van der Waals surface area contributed by atoms with Crippen molar-refractivity contribution in [1.82, 2.24) is 10.7 Å². The van der Waals surface area contributed by atoms with Crippen LogP contribution in [0.3, 0.4) is 0 Å². The molecular weight excluding hydrogens is 378 g/mol. The first-order valence-electron chi connectivity index (χ1n) is 9.55. The van der Waals surface area contributed by atoms with Gasteiger partial charge in [-0.1, -0.05) is 60.7 Å². The Hall–Kier alpha value is -3.93. The molecule has 2 amide bonds. The summed E-state index contributed by atoms with van der Waals surface area (Å²) in [6.07, 6.45) is 4.89. The summed E-state index contributed by atoms with van der Waals surface area (Å²) in [5.74, 6) is -0.460. The topological polar surface area (TPSA) is 83.7 Å². The van der Waals surface area contributed by atoms with Gasteiger partial charge in [0.2, 0.25) is 5.91 Å². The van der Waals surface area contributed by atoms with Crippen molar-refractivity contribution in [2.24, 2.45) is 5.10 Å². The first kappa shape index (κ1) is 20.8. The summed E-state index contributed by atoms with van der Waals surface area (Å²) < 4.78 is 5.22. The van der Waals surface area contributed by atoms with Crippen LogP contribution in [0.1, 0.15) is 29.7 Å². The van der Waals surface area contributed by atoms with Crippen LogP contribution in [-0.2, 0) is 9.59 Å². The molecule has 0 spiro atoms. The second-order valence-electron chi connectivity index (χ2n) is 6.67. The van der Waals surface area contributed by atoms with E-state index in [0.29, 0.717) is 5.76 Å². The zero-order chi connectivity index (χ0) is 21.2. The van der Waals surface area contributed by atoms with E-state index in [1.807, 2.05) is 73.7 Å². The van der Waals surface area contributed by atoms with Crippen LogP contribution in [0, 0.1) is 0 Å². The van der Waals surface area contributed by atoms with Gasteiger partial charge in [-0.15, -0.1) is 0 Å². The lowest BCUT2D eigenvalue weighted by Crippen LogP contribution is -2.37. The van der Waals surface area contributed by atoms with Crippen LogP contribution in [0.15, 0.2) is 94.2 Å². The number of allylic oxidation sites excluding steroid dienone is 1. The van der Waals surface area contributed by atoms with Gasteiger partial charge in [-0.05, 0) is 41.8 Å². The van der Waals surface area contributed by atoms with E-state index in [-0.39, 0.29) is 12.5 Å². The van der Waals surface area contributed by atoms with Gasteiger partial charge in [-0.3, -0.25) is 9.59 Å². The van der Waals surface area contributed by atoms with Crippen LogP contribution >= 0.6 is 0 Å². The molecule has 0 unspecified atom stereocenters. The summed E-state index contributed by atoms with van der Waals surface area (Å²) >= 11 is 0. The number of furan rings is 1. The van der Waals surface area contributed by atoms with Crippen molar-refractivity contribution >= 4 is 24.1 Å². The van der Waals surface area contributed by atoms with Gasteiger partial charge in [0.05, 0.1) is 24.9 Å². The van der Waals surface area contributed by atoms with Crippen LogP contribution in [0.25, 0.3) is 6.08 Å². The maximum absolute atomic E-state index is 12.9. The largest absolute Gasteiger partial charge is 0.465 e. The van der Waals surface area contributed by atoms with Crippen LogP contribution in [0.2, 0.25) is 0 Å². The quantitative estimate of drug-likeness (QED) is 0.446. The Morgan fingerprint density at radius 1 is 0.967 bits per heavy atom. The monoisotopic (exact) mass is 401 g/mol. The molecule has 0 radical (unpaired) electrons. The van der Waals surface area contributed by atoms with Gasteiger partial charge >= 0.3 is 0 Å². The zero-order valence-electron chi connectivity index (χ0n) is 16.6. The van der Waals surface area contributed by atoms with Crippen molar-refractivity contribution in [1.29, 1.82) is 0 Å². The Morgan fingerprint density at radius 3 is 2.17 bits per heavy atom. The SMILES string of the molecule is CC(/C=N/NC(=O)CNC(=O)C(c1ccccc1)c1ccccc1)=C\c1ccco1. The zero-order valence-corrected chi connectivity index (χ0v) is 16.6. The van der Waals surface area contributed by atoms with E-state index in [4.69, 9.17) is 4.42 Å². The highest BCUT2D eigenvalue weighted by Crippen LogP contribution is 2.24. The number of carbonyl (C=O) groups excluding carboxylic acids is 2. The molecule has 3 rings (SSSR count). The fourth-order valence-electron chi connectivity index (χ4n) is 2.94. The maximum Gasteiger partial charge on any atom is 0.259 e. The Balaban J connectivity index is 1.57. The summed E-state index contributed by atoms with van der Waals surface area (Å²) in [5.41, 5.74) is 4.94. The molecule has 6 nitrogen and oxygen atoms in total. The summed E-state index contributed by atoms with van der Waals surface area (Å²) in [7, 11) is 0. The minimum absolute atomic E-state index is 0.173. The third kappa shape index (κ3) is 6.04. The van der Waals surface area contributed by atoms with Gasteiger partial charge in [0.25, 0.3) is 5.91 Å². The Kier molecular flexibility index (Phi) is 7.33. The number of nitrogens with one attached hydrogen (secondary N) is 2. The normalized spacial score (nSPS) is 11.6. The Labute approximate surface area is 175 Å². The number of hydrogen-bond acceptors (Lipinski definition) is 4. The molecule has 0 fully saturated rings. The summed E-state index contributed by atoms with van der Waals surface area (Å²) in [4.78, 5) is 24.9. The van der Waals surface area contributed by atoms with Gasteiger partial charge in [0, 0.05) is 0 Å². The van der Waals surface area contributed by atoms with Crippen LogP contribution in [-0.4, -0.2) is 24.6 Å². The summed E-state index contributed by atoms with van der Waals surface area (Å²) in [6, 6.07) is 22.6. The molecule has 152 valence electrons. The molecule has 2 N–H and O–H groups in total. The van der Waals surface area contributed by atoms with Gasteiger partial charge < -0.3 is 9.73 Å². The minimum Gasteiger partial charge on any atom is -0.465 e. The van der Waals surface area contributed by atoms with Gasteiger partial charge in [-0.25, -0.2) is 5.43 Å². The molecular formula is C24H23N3O3. The standard InChI is InChI=1S/C24H23N3O3/c1-18(15-21-13-8-14-30-21)16-26-27-22(28)17-25-24(29)23(19-9-4-2-5-10-19)20-11-6-3-7-12-20/h2-16,23H,17H2,1H3,(H,25,29)(H,27,28)/b18-15+,26-16+. The molecule has 0 aliphatic rings. The van der Waals surface area contributed by atoms with E-state index in [9.17, 15) is 9.59 Å². The van der Waals surface area contributed by atoms with E-state index in [1.165, 1.54) is 6.21 Å². The highest BCUT2D eigenvalue weighted by Gasteiger charge is 2.22. The third-order valence-electron chi connectivity index (χ3n) is 4.32. The molecule has 0 aliphatic heterocycles. The van der Waals surface area contributed by atoms with Crippen molar-refractivity contribution in [2.45, 2.75) is 12.8 Å². The lowest BCUT2D eigenvalue weighted by Gasteiger charge is -2.17. The summed E-state index contributed by atoms with van der Waals surface area (Å²) in [6.45, 7) is 1.66. The fourth-order valence-corrected chi connectivity index (χ4v) is 2.94. The van der Waals surface area contributed by atoms with Gasteiger partial charge in [-0.2, -0.15) is 5.10 Å². The highest BCUT2D eigenvalue weighted by molar-refractivity contribution is 5.91. The van der Waals surface area contributed by atoms with E-state index in [2.05, 4.69) is 15.8 Å². The Morgan fingerprint density at radius 2 is 1.60 bits per heavy atom. The third-order valence-corrected chi connectivity index (χ3v) is 4.32. The molecule has 1 aromatic heterocycles. The van der Waals surface area contributed by atoms with Crippen LogP contribution in [0.4, 0.5) is 0 Å². The van der Waals surface area contributed by atoms with Gasteiger partial charge in [0.1, 0.15) is 5.76 Å². The molecule has 0 bridgehead atoms. The van der Waals surface area contributed by atoms with E-state index >= 15 is 0 Å². The van der Waals surface area contributed by atoms with E-state index in [0.717, 1.165) is 16.7 Å². The van der Waals surface area contributed by atoms with Crippen LogP contribution in [0.5, 0.6) is 0 Å². The molecule has 0 aliphatic carbocycles. The number of rotatable bonds is 8. The van der Waals surface area contributed by atoms with Gasteiger partial charge in [0.15, 0.2) is 0 Å². The van der Waals surface area contributed by atoms with Crippen LogP contribution < -0.4 is 10.7 Å². The fraction of sp³-hybridized carbons (Fsp3) is 0.125. The number of benzene rings is 2. The smallest absolute Gasteiger partial charge is 0.259 e. The Bertz CT molecular complexity index is 971. The maximum atomic E-state index is 12.9. The highest BCUT2D eigenvalue weighted by atomic mass is 16.3. The lowest BCUT2D eigenvalue weighted by molar-refractivity contribution is -0.126. The minimum atomic E-state index is -0.498. The number of hydrazone groups is 1. The summed E-state index contributed by atoms with van der Waals surface area (Å²) in [5, 5.41) is 6.60. The molecule has 1 heterocycles. The number of carbonyl (C=O) groups is 2. The van der Waals surface area contributed by atoms with Crippen molar-refractivity contribution in [3.63, 3.8) is 0 Å². The second kappa shape index (κ2) is 10.6. The number of nitrogens with zero attached hydrogens (tertiary/aromatic N) is 1. The number of hydrogen-bond donors (Lipinski definition) is 2. The predicted molar refractivity (Wildman–Crippen MR) is 117 cm³/mol. The molecule has 3 aromatic rings. The van der Waals surface area contributed by atoms with Crippen molar-refractivity contribution in [2.75, 3.05) is 6.54 Å². The molecule has 6 heteroatoms. The molecule has 0 saturated carbocycles. The first-order chi connectivity index (χ1) is 14.6. The molecule has 0 atom stereocenters. The first-order valence-corrected chi connectivity index (χ1v) is 9.55. The molecule has 2 aromatic carbocycles. The predicted octanol–water partition coefficient (Wildman–Crippen LogP) is 3.73. The average Bonchev–Trinajstić information content (AvgIpc) is 3.27. The van der Waals surface area contributed by atoms with E-state index in [1.54, 1.807) is 18.4 Å². The number of amides is 2. The lowest BCUT2D eigenvalue weighted by atomic mass is 9.90. The van der Waals surface area contributed by atoms with Crippen molar-refractivity contribution in [3.05, 3.63) is 102 Å². The molecule has 30 heavy (non-hydrogen) atoms. The van der Waals surface area contributed by atoms with E-state index < -0.39 is 11.8 Å². The van der Waals surface area contributed by atoms with Crippen molar-refractivity contribution in [3.8, 4) is 0 Å².